The van der Waals surface area contributed by atoms with Crippen molar-refractivity contribution in [3.63, 3.8) is 0 Å². The smallest absolute Gasteiger partial charge is 0.252 e. The second-order valence-electron chi connectivity index (χ2n) is 5.82. The van der Waals surface area contributed by atoms with Gasteiger partial charge in [0.05, 0.1) is 12.7 Å². The molecular formula is C17H21NO3S2. The summed E-state index contributed by atoms with van der Waals surface area (Å²) in [6, 6.07) is 12.0. The van der Waals surface area contributed by atoms with Crippen molar-refractivity contribution in [3.8, 4) is 0 Å². The predicted octanol–water partition coefficient (Wildman–Crippen LogP) is 3.08. The monoisotopic (exact) mass is 351 g/mol. The fourth-order valence-corrected chi connectivity index (χ4v) is 5.56. The molecule has 2 aromatic rings. The summed E-state index contributed by atoms with van der Waals surface area (Å²) in [5.41, 5.74) is 2.24. The Hall–Kier alpha value is -1.21. The summed E-state index contributed by atoms with van der Waals surface area (Å²) < 4.78 is 33.2. The van der Waals surface area contributed by atoms with Gasteiger partial charge in [-0.2, -0.15) is 4.31 Å². The zero-order valence-electron chi connectivity index (χ0n) is 13.1. The lowest BCUT2D eigenvalue weighted by molar-refractivity contribution is -0.00521. The molecule has 1 aromatic heterocycles. The summed E-state index contributed by atoms with van der Waals surface area (Å²) >= 11 is 1.29. The molecule has 3 rings (SSSR count). The van der Waals surface area contributed by atoms with Crippen molar-refractivity contribution in [2.24, 2.45) is 0 Å². The van der Waals surface area contributed by atoms with Gasteiger partial charge in [0, 0.05) is 13.1 Å². The van der Waals surface area contributed by atoms with E-state index in [2.05, 4.69) is 12.1 Å². The van der Waals surface area contributed by atoms with Gasteiger partial charge < -0.3 is 4.74 Å². The predicted molar refractivity (Wildman–Crippen MR) is 92.3 cm³/mol. The Bertz CT molecular complexity index is 740. The highest BCUT2D eigenvalue weighted by molar-refractivity contribution is 7.91. The highest BCUT2D eigenvalue weighted by atomic mass is 32.2. The van der Waals surface area contributed by atoms with Crippen molar-refractivity contribution >= 4 is 21.4 Å². The molecule has 1 aliphatic rings. The van der Waals surface area contributed by atoms with Crippen LogP contribution in [0.2, 0.25) is 0 Å². The van der Waals surface area contributed by atoms with Crippen LogP contribution in [0.5, 0.6) is 0 Å². The molecule has 1 atom stereocenters. The maximum Gasteiger partial charge on any atom is 0.252 e. The maximum absolute atomic E-state index is 12.7. The molecule has 0 bridgehead atoms. The molecule has 23 heavy (non-hydrogen) atoms. The van der Waals surface area contributed by atoms with Crippen molar-refractivity contribution in [1.82, 2.24) is 4.31 Å². The molecule has 0 amide bonds. The summed E-state index contributed by atoms with van der Waals surface area (Å²) in [5.74, 6) is 0. The second kappa shape index (κ2) is 7.13. The minimum absolute atomic E-state index is 0.0419. The maximum atomic E-state index is 12.7. The van der Waals surface area contributed by atoms with E-state index < -0.39 is 10.0 Å². The van der Waals surface area contributed by atoms with Crippen molar-refractivity contribution in [2.45, 2.75) is 30.1 Å². The number of ether oxygens (including phenoxy) is 1. The SMILES string of the molecule is Cc1csc(S(=O)(=O)N2CCOC(CCc3ccccc3)C2)c1. The Kier molecular flexibility index (Phi) is 5.16. The molecule has 4 nitrogen and oxygen atoms in total. The van der Waals surface area contributed by atoms with Gasteiger partial charge in [-0.1, -0.05) is 30.3 Å². The zero-order chi connectivity index (χ0) is 16.3. The summed E-state index contributed by atoms with van der Waals surface area (Å²) in [5, 5.41) is 1.88. The summed E-state index contributed by atoms with van der Waals surface area (Å²) in [4.78, 5) is 0. The Morgan fingerprint density at radius 2 is 2.09 bits per heavy atom. The molecule has 2 heterocycles. The third kappa shape index (κ3) is 4.01. The Balaban J connectivity index is 1.64. The largest absolute Gasteiger partial charge is 0.375 e. The zero-order valence-corrected chi connectivity index (χ0v) is 14.8. The number of hydrogen-bond donors (Lipinski definition) is 0. The van der Waals surface area contributed by atoms with Crippen molar-refractivity contribution in [1.29, 1.82) is 0 Å². The van der Waals surface area contributed by atoms with Crippen molar-refractivity contribution < 1.29 is 13.2 Å². The van der Waals surface area contributed by atoms with E-state index in [0.717, 1.165) is 18.4 Å². The van der Waals surface area contributed by atoms with Crippen molar-refractivity contribution in [2.75, 3.05) is 19.7 Å². The average molecular weight is 351 g/mol. The standard InChI is InChI=1S/C17H21NO3S2/c1-14-11-17(22-13-14)23(19,20)18-9-10-21-16(12-18)8-7-15-5-3-2-4-6-15/h2-6,11,13,16H,7-10,12H2,1H3. The topological polar surface area (TPSA) is 46.6 Å². The molecule has 1 unspecified atom stereocenters. The van der Waals surface area contributed by atoms with Crippen LogP contribution in [-0.2, 0) is 21.2 Å². The number of sulfonamides is 1. The van der Waals surface area contributed by atoms with E-state index in [4.69, 9.17) is 4.74 Å². The molecule has 0 saturated carbocycles. The third-order valence-electron chi connectivity index (χ3n) is 4.00. The van der Waals surface area contributed by atoms with E-state index in [1.54, 1.807) is 10.4 Å². The van der Waals surface area contributed by atoms with E-state index in [-0.39, 0.29) is 6.10 Å². The van der Waals surface area contributed by atoms with Gasteiger partial charge in [0.2, 0.25) is 0 Å². The van der Waals surface area contributed by atoms with Crippen LogP contribution in [-0.4, -0.2) is 38.5 Å². The van der Waals surface area contributed by atoms with Crippen LogP contribution in [0.1, 0.15) is 17.5 Å². The Morgan fingerprint density at radius 3 is 2.78 bits per heavy atom. The molecule has 0 radical (unpaired) electrons. The second-order valence-corrected chi connectivity index (χ2v) is 8.90. The van der Waals surface area contributed by atoms with Gasteiger partial charge in [0.25, 0.3) is 10.0 Å². The number of thiophene rings is 1. The van der Waals surface area contributed by atoms with Crippen molar-refractivity contribution in [3.05, 3.63) is 52.9 Å². The lowest BCUT2D eigenvalue weighted by Gasteiger charge is -2.31. The molecule has 0 spiro atoms. The van der Waals surface area contributed by atoms with Gasteiger partial charge in [0.1, 0.15) is 4.21 Å². The highest BCUT2D eigenvalue weighted by Gasteiger charge is 2.31. The summed E-state index contributed by atoms with van der Waals surface area (Å²) in [7, 11) is -3.39. The summed E-state index contributed by atoms with van der Waals surface area (Å²) in [6.45, 7) is 3.24. The van der Waals surface area contributed by atoms with Crippen LogP contribution in [0, 0.1) is 6.92 Å². The molecule has 1 aromatic carbocycles. The number of benzene rings is 1. The molecule has 6 heteroatoms. The van der Waals surface area contributed by atoms with E-state index in [0.29, 0.717) is 23.9 Å². The first kappa shape index (κ1) is 16.6. The van der Waals surface area contributed by atoms with Crippen LogP contribution in [0.25, 0.3) is 0 Å². The first-order valence-electron chi connectivity index (χ1n) is 7.76. The van der Waals surface area contributed by atoms with E-state index in [1.807, 2.05) is 30.5 Å². The lowest BCUT2D eigenvalue weighted by Crippen LogP contribution is -2.45. The van der Waals surface area contributed by atoms with Gasteiger partial charge in [-0.3, -0.25) is 0 Å². The highest BCUT2D eigenvalue weighted by Crippen LogP contribution is 2.25. The van der Waals surface area contributed by atoms with Crippen LogP contribution in [0.4, 0.5) is 0 Å². The fraction of sp³-hybridized carbons (Fsp3) is 0.412. The van der Waals surface area contributed by atoms with Gasteiger partial charge in [0.15, 0.2) is 0 Å². The average Bonchev–Trinajstić information content (AvgIpc) is 3.01. The number of morpholine rings is 1. The van der Waals surface area contributed by atoms with Gasteiger partial charge >= 0.3 is 0 Å². The van der Waals surface area contributed by atoms with Crippen LogP contribution in [0.3, 0.4) is 0 Å². The summed E-state index contributed by atoms with van der Waals surface area (Å²) in [6.07, 6.45) is 1.69. The molecule has 0 aliphatic carbocycles. The number of nitrogens with zero attached hydrogens (tertiary/aromatic N) is 1. The van der Waals surface area contributed by atoms with E-state index >= 15 is 0 Å². The van der Waals surface area contributed by atoms with Gasteiger partial charge in [-0.15, -0.1) is 11.3 Å². The number of aryl methyl sites for hydroxylation is 2. The lowest BCUT2D eigenvalue weighted by atomic mass is 10.1. The van der Waals surface area contributed by atoms with E-state index in [9.17, 15) is 8.42 Å². The molecular weight excluding hydrogens is 330 g/mol. The van der Waals surface area contributed by atoms with Gasteiger partial charge in [-0.05, 0) is 42.3 Å². The Morgan fingerprint density at radius 1 is 1.30 bits per heavy atom. The van der Waals surface area contributed by atoms with Crippen LogP contribution >= 0.6 is 11.3 Å². The first-order valence-corrected chi connectivity index (χ1v) is 10.1. The quantitative estimate of drug-likeness (QED) is 0.832. The van der Waals surface area contributed by atoms with Gasteiger partial charge in [-0.25, -0.2) is 8.42 Å². The molecule has 1 aliphatic heterocycles. The molecule has 124 valence electrons. The minimum Gasteiger partial charge on any atom is -0.375 e. The number of rotatable bonds is 5. The molecule has 1 fully saturated rings. The minimum atomic E-state index is -3.39. The first-order chi connectivity index (χ1) is 11.1. The Labute approximate surface area is 141 Å². The van der Waals surface area contributed by atoms with Crippen LogP contribution in [0.15, 0.2) is 46.0 Å². The molecule has 0 N–H and O–H groups in total. The molecule has 1 saturated heterocycles. The fourth-order valence-electron chi connectivity index (χ4n) is 2.73. The number of hydrogen-bond acceptors (Lipinski definition) is 4. The van der Waals surface area contributed by atoms with E-state index in [1.165, 1.54) is 16.9 Å². The normalized spacial score (nSPS) is 19.8. The van der Waals surface area contributed by atoms with Crippen LogP contribution < -0.4 is 0 Å². The third-order valence-corrected chi connectivity index (χ3v) is 7.40.